The van der Waals surface area contributed by atoms with Crippen LogP contribution in [-0.4, -0.2) is 22.9 Å². The van der Waals surface area contributed by atoms with Crippen LogP contribution < -0.4 is 20.3 Å². The molecule has 3 aromatic rings. The highest BCUT2D eigenvalue weighted by atomic mass is 35.5. The molecule has 0 aliphatic carbocycles. The molecular formula is C21H19ClFN3O4S. The largest absolute Gasteiger partial charge is 0.486 e. The number of benzene rings is 2. The zero-order valence-corrected chi connectivity index (χ0v) is 18.2. The third-order valence-electron chi connectivity index (χ3n) is 4.02. The van der Waals surface area contributed by atoms with Gasteiger partial charge in [-0.25, -0.2) is 9.37 Å². The van der Waals surface area contributed by atoms with Crippen LogP contribution in [-0.2, 0) is 11.4 Å². The topological polar surface area (TPSA) is 89.5 Å². The van der Waals surface area contributed by atoms with Gasteiger partial charge in [-0.2, -0.15) is 0 Å². The Hall–Kier alpha value is -3.17. The van der Waals surface area contributed by atoms with Crippen LogP contribution in [0.3, 0.4) is 0 Å². The minimum absolute atomic E-state index is 0.190. The number of aryl methyl sites for hydroxylation is 1. The number of aromatic nitrogens is 1. The third kappa shape index (κ3) is 6.40. The van der Waals surface area contributed by atoms with Gasteiger partial charge in [0.25, 0.3) is 11.8 Å². The Morgan fingerprint density at radius 2 is 1.74 bits per heavy atom. The number of hydrazine groups is 1. The van der Waals surface area contributed by atoms with Gasteiger partial charge in [0.05, 0.1) is 5.69 Å². The molecule has 2 N–H and O–H groups in total. The molecule has 0 saturated heterocycles. The molecule has 0 spiro atoms. The highest BCUT2D eigenvalue weighted by Gasteiger charge is 2.19. The first-order valence-corrected chi connectivity index (χ1v) is 10.4. The van der Waals surface area contributed by atoms with Gasteiger partial charge in [-0.15, -0.1) is 11.3 Å². The van der Waals surface area contributed by atoms with Crippen LogP contribution in [0, 0.1) is 12.7 Å². The van der Waals surface area contributed by atoms with Crippen molar-refractivity contribution in [2.75, 3.05) is 0 Å². The third-order valence-corrected chi connectivity index (χ3v) is 5.40. The van der Waals surface area contributed by atoms with Crippen molar-refractivity contribution in [1.82, 2.24) is 15.8 Å². The monoisotopic (exact) mass is 463 g/mol. The first-order chi connectivity index (χ1) is 14.8. The minimum Gasteiger partial charge on any atom is -0.486 e. The van der Waals surface area contributed by atoms with E-state index < -0.39 is 23.7 Å². The van der Waals surface area contributed by atoms with E-state index in [2.05, 4.69) is 15.8 Å². The Labute approximate surface area is 187 Å². The van der Waals surface area contributed by atoms with Crippen molar-refractivity contribution in [3.05, 3.63) is 74.9 Å². The van der Waals surface area contributed by atoms with E-state index >= 15 is 0 Å². The Kier molecular flexibility index (Phi) is 7.43. The number of amides is 2. The van der Waals surface area contributed by atoms with Crippen molar-refractivity contribution in [2.45, 2.75) is 26.6 Å². The van der Waals surface area contributed by atoms with Gasteiger partial charge in [0.15, 0.2) is 6.10 Å². The maximum Gasteiger partial charge on any atom is 0.281 e. The Morgan fingerprint density at radius 3 is 2.42 bits per heavy atom. The first kappa shape index (κ1) is 22.5. The van der Waals surface area contributed by atoms with Gasteiger partial charge in [0.2, 0.25) is 0 Å². The number of rotatable bonds is 7. The van der Waals surface area contributed by atoms with Gasteiger partial charge in [0.1, 0.15) is 33.8 Å². The first-order valence-electron chi connectivity index (χ1n) is 9.19. The lowest BCUT2D eigenvalue weighted by Gasteiger charge is -2.15. The van der Waals surface area contributed by atoms with Crippen molar-refractivity contribution < 1.29 is 23.5 Å². The summed E-state index contributed by atoms with van der Waals surface area (Å²) in [7, 11) is 0. The van der Waals surface area contributed by atoms with E-state index in [1.54, 1.807) is 31.2 Å². The lowest BCUT2D eigenvalue weighted by Crippen LogP contribution is -2.47. The summed E-state index contributed by atoms with van der Waals surface area (Å²) in [6, 6.07) is 12.2. The van der Waals surface area contributed by atoms with Crippen molar-refractivity contribution in [1.29, 1.82) is 0 Å². The lowest BCUT2D eigenvalue weighted by molar-refractivity contribution is -0.128. The molecule has 0 fully saturated rings. The van der Waals surface area contributed by atoms with E-state index in [0.29, 0.717) is 32.1 Å². The van der Waals surface area contributed by atoms with Crippen LogP contribution in [0.5, 0.6) is 11.5 Å². The molecule has 0 radical (unpaired) electrons. The number of ether oxygens (including phenoxy) is 2. The van der Waals surface area contributed by atoms with Crippen molar-refractivity contribution in [3.63, 3.8) is 0 Å². The summed E-state index contributed by atoms with van der Waals surface area (Å²) in [6.07, 6.45) is -0.906. The smallest absolute Gasteiger partial charge is 0.281 e. The van der Waals surface area contributed by atoms with Crippen LogP contribution in [0.2, 0.25) is 5.02 Å². The number of nitrogens with zero attached hydrogens (tertiary/aromatic N) is 1. The predicted molar refractivity (Wildman–Crippen MR) is 115 cm³/mol. The summed E-state index contributed by atoms with van der Waals surface area (Å²) in [4.78, 5) is 29.3. The van der Waals surface area contributed by atoms with E-state index in [-0.39, 0.29) is 6.61 Å². The molecule has 1 unspecified atom stereocenters. The summed E-state index contributed by atoms with van der Waals surface area (Å²) in [5.41, 5.74) is 5.17. The molecule has 162 valence electrons. The van der Waals surface area contributed by atoms with E-state index in [1.807, 2.05) is 0 Å². The average Bonchev–Trinajstić information content (AvgIpc) is 3.13. The van der Waals surface area contributed by atoms with Crippen molar-refractivity contribution in [2.24, 2.45) is 0 Å². The molecule has 0 aliphatic rings. The number of carbonyl (C=O) groups is 2. The zero-order valence-electron chi connectivity index (χ0n) is 16.6. The molecule has 7 nitrogen and oxygen atoms in total. The standard InChI is InChI=1S/C21H19ClFN3O4S/c1-12-19(31-18(24-12)11-29-16-7-3-14(22)4-8-16)21(28)26-25-20(27)13(2)30-17-9-5-15(23)6-10-17/h3-10,13H,11H2,1-2H3,(H,25,27)(H,26,28). The Morgan fingerprint density at radius 1 is 1.10 bits per heavy atom. The normalized spacial score (nSPS) is 11.5. The lowest BCUT2D eigenvalue weighted by atomic mass is 10.3. The molecule has 2 amide bonds. The molecule has 10 heteroatoms. The number of nitrogens with one attached hydrogen (secondary N) is 2. The summed E-state index contributed by atoms with van der Waals surface area (Å²) in [5.74, 6) is -0.513. The van der Waals surface area contributed by atoms with Gasteiger partial charge in [-0.3, -0.25) is 20.4 Å². The zero-order chi connectivity index (χ0) is 22.4. The van der Waals surface area contributed by atoms with E-state index in [1.165, 1.54) is 31.2 Å². The van der Waals surface area contributed by atoms with Crippen LogP contribution in [0.25, 0.3) is 0 Å². The molecule has 2 aromatic carbocycles. The fourth-order valence-corrected chi connectivity index (χ4v) is 3.45. The Bertz CT molecular complexity index is 1060. The van der Waals surface area contributed by atoms with Gasteiger partial charge in [0, 0.05) is 5.02 Å². The maximum absolute atomic E-state index is 12.9. The predicted octanol–water partition coefficient (Wildman–Crippen LogP) is 4.05. The number of thiazole rings is 1. The second-order valence-electron chi connectivity index (χ2n) is 6.42. The maximum atomic E-state index is 12.9. The van der Waals surface area contributed by atoms with E-state index in [9.17, 15) is 14.0 Å². The summed E-state index contributed by atoms with van der Waals surface area (Å²) >= 11 is 7.01. The van der Waals surface area contributed by atoms with Gasteiger partial charge in [-0.05, 0) is 62.4 Å². The molecule has 3 rings (SSSR count). The number of hydrogen-bond acceptors (Lipinski definition) is 6. The van der Waals surface area contributed by atoms with Crippen LogP contribution >= 0.6 is 22.9 Å². The van der Waals surface area contributed by atoms with Gasteiger partial charge >= 0.3 is 0 Å². The molecule has 0 bridgehead atoms. The quantitative estimate of drug-likeness (QED) is 0.516. The average molecular weight is 464 g/mol. The molecular weight excluding hydrogens is 445 g/mol. The number of carbonyl (C=O) groups excluding carboxylic acids is 2. The van der Waals surface area contributed by atoms with Crippen LogP contribution in [0.1, 0.15) is 27.3 Å². The van der Waals surface area contributed by atoms with Crippen molar-refractivity contribution >= 4 is 34.8 Å². The highest BCUT2D eigenvalue weighted by Crippen LogP contribution is 2.21. The molecule has 0 saturated carbocycles. The molecule has 1 aromatic heterocycles. The second kappa shape index (κ2) is 10.2. The SMILES string of the molecule is Cc1nc(COc2ccc(Cl)cc2)sc1C(=O)NNC(=O)C(C)Oc1ccc(F)cc1. The molecule has 31 heavy (non-hydrogen) atoms. The van der Waals surface area contributed by atoms with Gasteiger partial charge < -0.3 is 9.47 Å². The van der Waals surface area contributed by atoms with Gasteiger partial charge in [-0.1, -0.05) is 11.6 Å². The highest BCUT2D eigenvalue weighted by molar-refractivity contribution is 7.13. The Balaban J connectivity index is 1.51. The molecule has 1 atom stereocenters. The fraction of sp³-hybridized carbons (Fsp3) is 0.190. The summed E-state index contributed by atoms with van der Waals surface area (Å²) < 4.78 is 24.0. The molecule has 0 aliphatic heterocycles. The minimum atomic E-state index is -0.906. The summed E-state index contributed by atoms with van der Waals surface area (Å²) in [6.45, 7) is 3.39. The molecule has 1 heterocycles. The fourth-order valence-electron chi connectivity index (χ4n) is 2.45. The number of halogens is 2. The van der Waals surface area contributed by atoms with Crippen molar-refractivity contribution in [3.8, 4) is 11.5 Å². The van der Waals surface area contributed by atoms with Crippen LogP contribution in [0.15, 0.2) is 48.5 Å². The van der Waals surface area contributed by atoms with E-state index in [0.717, 1.165) is 11.3 Å². The summed E-state index contributed by atoms with van der Waals surface area (Å²) in [5, 5.41) is 1.22. The van der Waals surface area contributed by atoms with Crippen LogP contribution in [0.4, 0.5) is 4.39 Å². The second-order valence-corrected chi connectivity index (χ2v) is 7.94. The van der Waals surface area contributed by atoms with E-state index in [4.69, 9.17) is 21.1 Å². The number of hydrogen-bond donors (Lipinski definition) is 2.